The summed E-state index contributed by atoms with van der Waals surface area (Å²) in [5.41, 5.74) is 3.05. The number of nitrogens with zero attached hydrogens (tertiary/aromatic N) is 2. The van der Waals surface area contributed by atoms with Crippen molar-refractivity contribution in [3.05, 3.63) is 112 Å². The zero-order chi connectivity index (χ0) is 28.6. The summed E-state index contributed by atoms with van der Waals surface area (Å²) < 4.78 is 11.1. The van der Waals surface area contributed by atoms with Gasteiger partial charge in [-0.2, -0.15) is 0 Å². The largest absolute Gasteiger partial charge is 0.497 e. The van der Waals surface area contributed by atoms with Gasteiger partial charge in [-0.1, -0.05) is 61.9 Å². The molecule has 0 saturated carbocycles. The molecule has 0 aliphatic heterocycles. The molecular formula is C33H36N2O5. The first kappa shape index (κ1) is 28.6. The molecule has 0 atom stereocenters. The van der Waals surface area contributed by atoms with Crippen molar-refractivity contribution in [3.8, 4) is 5.75 Å². The first-order valence-corrected chi connectivity index (χ1v) is 13.5. The Morgan fingerprint density at radius 3 is 2.42 bits per heavy atom. The average Bonchev–Trinajstić information content (AvgIpc) is 2.96. The number of rotatable bonds is 11. The van der Waals surface area contributed by atoms with Crippen molar-refractivity contribution in [1.82, 2.24) is 9.80 Å². The van der Waals surface area contributed by atoms with Gasteiger partial charge in [-0.05, 0) is 55.2 Å². The third kappa shape index (κ3) is 7.17. The lowest BCUT2D eigenvalue weighted by Crippen LogP contribution is -2.43. The molecule has 40 heavy (non-hydrogen) atoms. The van der Waals surface area contributed by atoms with Gasteiger partial charge in [0.25, 0.3) is 5.91 Å². The van der Waals surface area contributed by atoms with E-state index < -0.39 is 0 Å². The molecule has 2 amide bonds. The predicted octanol–water partition coefficient (Wildman–Crippen LogP) is 5.83. The van der Waals surface area contributed by atoms with E-state index in [0.29, 0.717) is 40.3 Å². The maximum absolute atomic E-state index is 13.9. The maximum Gasteiger partial charge on any atom is 0.254 e. The van der Waals surface area contributed by atoms with E-state index in [0.717, 1.165) is 17.5 Å². The Morgan fingerprint density at radius 1 is 0.925 bits per heavy atom. The SMILES string of the molecule is COc1cccc(C(=O)N(CCC(C)C)CC(=O)N(Cc2ccccc2)Cc2coc3ccc(C)cc3c2=O)c1. The predicted molar refractivity (Wildman–Crippen MR) is 156 cm³/mol. The monoisotopic (exact) mass is 540 g/mol. The number of hydrogen-bond donors (Lipinski definition) is 0. The molecule has 3 aromatic carbocycles. The molecule has 4 aromatic rings. The van der Waals surface area contributed by atoms with Crippen LogP contribution in [0.4, 0.5) is 0 Å². The number of carbonyl (C=O) groups excluding carboxylic acids is 2. The smallest absolute Gasteiger partial charge is 0.254 e. The molecule has 0 bridgehead atoms. The Labute approximate surface area is 235 Å². The molecule has 7 heteroatoms. The van der Waals surface area contributed by atoms with Crippen molar-refractivity contribution in [2.75, 3.05) is 20.2 Å². The molecule has 0 fully saturated rings. The minimum Gasteiger partial charge on any atom is -0.497 e. The van der Waals surface area contributed by atoms with Crippen LogP contribution in [0.1, 0.15) is 47.3 Å². The molecule has 0 radical (unpaired) electrons. The quantitative estimate of drug-likeness (QED) is 0.239. The summed E-state index contributed by atoms with van der Waals surface area (Å²) in [4.78, 5) is 44.0. The van der Waals surface area contributed by atoms with Crippen LogP contribution in [0.5, 0.6) is 5.75 Å². The normalized spacial score (nSPS) is 11.0. The summed E-state index contributed by atoms with van der Waals surface area (Å²) in [5.74, 6) is 0.424. The van der Waals surface area contributed by atoms with Gasteiger partial charge in [0.2, 0.25) is 5.91 Å². The number of carbonyl (C=O) groups is 2. The number of fused-ring (bicyclic) bond motifs is 1. The van der Waals surface area contributed by atoms with Gasteiger partial charge < -0.3 is 19.0 Å². The summed E-state index contributed by atoms with van der Waals surface area (Å²) in [6, 6.07) is 22.0. The van der Waals surface area contributed by atoms with Gasteiger partial charge in [-0.3, -0.25) is 14.4 Å². The highest BCUT2D eigenvalue weighted by Gasteiger charge is 2.24. The molecule has 208 valence electrons. The van der Waals surface area contributed by atoms with Gasteiger partial charge in [0.1, 0.15) is 17.9 Å². The third-order valence-electron chi connectivity index (χ3n) is 6.84. The number of methoxy groups -OCH3 is 1. The van der Waals surface area contributed by atoms with Crippen molar-refractivity contribution in [1.29, 1.82) is 0 Å². The second-order valence-corrected chi connectivity index (χ2v) is 10.5. The Bertz CT molecular complexity index is 1530. The molecule has 7 nitrogen and oxygen atoms in total. The van der Waals surface area contributed by atoms with Crippen LogP contribution >= 0.6 is 0 Å². The summed E-state index contributed by atoms with van der Waals surface area (Å²) >= 11 is 0. The first-order chi connectivity index (χ1) is 19.2. The van der Waals surface area contributed by atoms with E-state index in [-0.39, 0.29) is 36.9 Å². The summed E-state index contributed by atoms with van der Waals surface area (Å²) in [7, 11) is 1.55. The first-order valence-electron chi connectivity index (χ1n) is 13.5. The Hall–Kier alpha value is -4.39. The van der Waals surface area contributed by atoms with E-state index >= 15 is 0 Å². The molecule has 0 N–H and O–H groups in total. The molecular weight excluding hydrogens is 504 g/mol. The second kappa shape index (κ2) is 13.1. The van der Waals surface area contributed by atoms with Crippen LogP contribution in [0.3, 0.4) is 0 Å². The van der Waals surface area contributed by atoms with Gasteiger partial charge >= 0.3 is 0 Å². The summed E-state index contributed by atoms with van der Waals surface area (Å²) in [5, 5.41) is 0.483. The van der Waals surface area contributed by atoms with Crippen molar-refractivity contribution in [3.63, 3.8) is 0 Å². The van der Waals surface area contributed by atoms with Crippen LogP contribution in [-0.2, 0) is 17.9 Å². The Balaban J connectivity index is 1.64. The number of amides is 2. The molecule has 1 aromatic heterocycles. The van der Waals surface area contributed by atoms with Crippen molar-refractivity contribution in [2.45, 2.75) is 40.3 Å². The molecule has 0 spiro atoms. The maximum atomic E-state index is 13.9. The van der Waals surface area contributed by atoms with Crippen molar-refractivity contribution in [2.24, 2.45) is 5.92 Å². The van der Waals surface area contributed by atoms with E-state index in [9.17, 15) is 14.4 Å². The van der Waals surface area contributed by atoms with E-state index in [4.69, 9.17) is 9.15 Å². The Kier molecular flexibility index (Phi) is 9.38. The van der Waals surface area contributed by atoms with E-state index in [2.05, 4.69) is 13.8 Å². The fourth-order valence-electron chi connectivity index (χ4n) is 4.50. The molecule has 0 saturated heterocycles. The topological polar surface area (TPSA) is 80.1 Å². The van der Waals surface area contributed by atoms with Gasteiger partial charge in [0.15, 0.2) is 5.43 Å². The van der Waals surface area contributed by atoms with E-state index in [1.54, 1.807) is 53.3 Å². The van der Waals surface area contributed by atoms with Crippen LogP contribution in [0.15, 0.2) is 88.3 Å². The highest BCUT2D eigenvalue weighted by Crippen LogP contribution is 2.18. The van der Waals surface area contributed by atoms with E-state index in [1.807, 2.05) is 43.3 Å². The lowest BCUT2D eigenvalue weighted by atomic mass is 10.1. The fourth-order valence-corrected chi connectivity index (χ4v) is 4.50. The van der Waals surface area contributed by atoms with Crippen LogP contribution < -0.4 is 10.2 Å². The lowest BCUT2D eigenvalue weighted by molar-refractivity contribution is -0.133. The molecule has 0 aliphatic rings. The van der Waals surface area contributed by atoms with Crippen molar-refractivity contribution < 1.29 is 18.7 Å². The minimum atomic E-state index is -0.257. The molecule has 1 heterocycles. The minimum absolute atomic E-state index is 0.0608. The third-order valence-corrected chi connectivity index (χ3v) is 6.84. The summed E-state index contributed by atoms with van der Waals surface area (Å²) in [6.45, 7) is 6.74. The summed E-state index contributed by atoms with van der Waals surface area (Å²) in [6.07, 6.45) is 2.18. The number of hydrogen-bond acceptors (Lipinski definition) is 5. The highest BCUT2D eigenvalue weighted by atomic mass is 16.5. The highest BCUT2D eigenvalue weighted by molar-refractivity contribution is 5.97. The fraction of sp³-hybridized carbons (Fsp3) is 0.303. The van der Waals surface area contributed by atoms with E-state index in [1.165, 1.54) is 6.26 Å². The number of benzene rings is 3. The van der Waals surface area contributed by atoms with Crippen LogP contribution in [0.2, 0.25) is 0 Å². The number of aryl methyl sites for hydroxylation is 1. The standard InChI is InChI=1S/C33H36N2O5/c1-23(2)15-16-34(33(38)26-11-8-12-28(18-26)39-4)21-31(36)35(19-25-9-6-5-7-10-25)20-27-22-40-30-14-13-24(3)17-29(30)32(27)37/h5-14,17-18,22-23H,15-16,19-21H2,1-4H3. The van der Waals surface area contributed by atoms with Gasteiger partial charge in [0, 0.05) is 18.7 Å². The average molecular weight is 541 g/mol. The Morgan fingerprint density at radius 2 is 1.70 bits per heavy atom. The molecule has 4 rings (SSSR count). The van der Waals surface area contributed by atoms with Crippen molar-refractivity contribution >= 4 is 22.8 Å². The van der Waals surface area contributed by atoms with Crippen LogP contribution in [0.25, 0.3) is 11.0 Å². The van der Waals surface area contributed by atoms with Crippen LogP contribution in [0, 0.1) is 12.8 Å². The van der Waals surface area contributed by atoms with Gasteiger partial charge in [-0.25, -0.2) is 0 Å². The molecule has 0 unspecified atom stereocenters. The van der Waals surface area contributed by atoms with Crippen LogP contribution in [-0.4, -0.2) is 41.8 Å². The zero-order valence-corrected chi connectivity index (χ0v) is 23.6. The molecule has 0 aliphatic carbocycles. The zero-order valence-electron chi connectivity index (χ0n) is 23.6. The van der Waals surface area contributed by atoms with Gasteiger partial charge in [-0.15, -0.1) is 0 Å². The lowest BCUT2D eigenvalue weighted by Gasteiger charge is -2.28. The second-order valence-electron chi connectivity index (χ2n) is 10.5. The number of ether oxygens (including phenoxy) is 1. The van der Waals surface area contributed by atoms with Gasteiger partial charge in [0.05, 0.1) is 30.9 Å².